The average molecular weight is 241 g/mol. The molecule has 1 rings (SSSR count). The third-order valence-electron chi connectivity index (χ3n) is 2.03. The van der Waals surface area contributed by atoms with E-state index in [-0.39, 0.29) is 24.0 Å². The Kier molecular flexibility index (Phi) is 4.05. The number of likely N-dealkylation sites (tertiary alicyclic amines) is 1. The summed E-state index contributed by atoms with van der Waals surface area (Å²) in [5.41, 5.74) is 0. The summed E-state index contributed by atoms with van der Waals surface area (Å²) < 4.78 is 1.25. The van der Waals surface area contributed by atoms with Crippen molar-refractivity contribution in [3.05, 3.63) is 0 Å². The van der Waals surface area contributed by atoms with Gasteiger partial charge in [-0.1, -0.05) is 0 Å². The molecule has 0 aromatic carbocycles. The molecular formula is C7H16IN. The van der Waals surface area contributed by atoms with Gasteiger partial charge in [0.25, 0.3) is 0 Å². The van der Waals surface area contributed by atoms with Crippen molar-refractivity contribution in [3.63, 3.8) is 0 Å². The second-order valence-corrected chi connectivity index (χ2v) is 3.44. The molecule has 2 heteroatoms. The molecule has 0 N–H and O–H groups in total. The van der Waals surface area contributed by atoms with E-state index >= 15 is 0 Å². The van der Waals surface area contributed by atoms with E-state index in [1.807, 2.05) is 0 Å². The summed E-state index contributed by atoms with van der Waals surface area (Å²) >= 11 is 0. The van der Waals surface area contributed by atoms with E-state index in [2.05, 4.69) is 14.1 Å². The van der Waals surface area contributed by atoms with E-state index in [1.165, 1.54) is 36.8 Å². The Hall–Kier alpha value is 0.690. The van der Waals surface area contributed by atoms with Crippen LogP contribution >= 0.6 is 0 Å². The Bertz CT molecular complexity index is 73.0. The highest BCUT2D eigenvalue weighted by Crippen LogP contribution is 2.11. The molecule has 1 fully saturated rings. The highest BCUT2D eigenvalue weighted by Gasteiger charge is 2.17. The predicted molar refractivity (Wildman–Crippen MR) is 35.7 cm³/mol. The maximum Gasteiger partial charge on any atom is 0.0782 e. The fraction of sp³-hybridized carbons (Fsp3) is 1.00. The second kappa shape index (κ2) is 3.76. The molecule has 0 atom stereocenters. The Morgan fingerprint density at radius 3 is 1.56 bits per heavy atom. The van der Waals surface area contributed by atoms with E-state index in [9.17, 15) is 0 Å². The molecule has 1 saturated heterocycles. The van der Waals surface area contributed by atoms with Gasteiger partial charge in [0.2, 0.25) is 0 Å². The first-order valence-corrected chi connectivity index (χ1v) is 3.53. The zero-order valence-electron chi connectivity index (χ0n) is 6.36. The molecule has 1 aliphatic heterocycles. The van der Waals surface area contributed by atoms with Crippen LogP contribution in [0.3, 0.4) is 0 Å². The highest BCUT2D eigenvalue weighted by atomic mass is 127. The van der Waals surface area contributed by atoms with Crippen LogP contribution in [0.4, 0.5) is 0 Å². The number of rotatable bonds is 0. The minimum absolute atomic E-state index is 0. The van der Waals surface area contributed by atoms with Gasteiger partial charge in [-0.2, -0.15) is 0 Å². The minimum Gasteiger partial charge on any atom is -1.00 e. The van der Waals surface area contributed by atoms with Crippen molar-refractivity contribution in [2.24, 2.45) is 0 Å². The van der Waals surface area contributed by atoms with Crippen molar-refractivity contribution in [2.75, 3.05) is 27.2 Å². The van der Waals surface area contributed by atoms with E-state index in [0.29, 0.717) is 0 Å². The van der Waals surface area contributed by atoms with Gasteiger partial charge in [0, 0.05) is 0 Å². The Morgan fingerprint density at radius 2 is 1.33 bits per heavy atom. The largest absolute Gasteiger partial charge is 1.00 e. The summed E-state index contributed by atoms with van der Waals surface area (Å²) in [5, 5.41) is 0. The van der Waals surface area contributed by atoms with E-state index in [0.717, 1.165) is 0 Å². The van der Waals surface area contributed by atoms with Crippen LogP contribution in [0.1, 0.15) is 19.3 Å². The molecule has 0 saturated carbocycles. The third kappa shape index (κ3) is 3.40. The third-order valence-corrected chi connectivity index (χ3v) is 2.03. The van der Waals surface area contributed by atoms with Gasteiger partial charge in [0.15, 0.2) is 0 Å². The molecule has 0 unspecified atom stereocenters. The van der Waals surface area contributed by atoms with Crippen molar-refractivity contribution in [3.8, 4) is 0 Å². The maximum atomic E-state index is 2.32. The number of quaternary nitrogens is 1. The highest BCUT2D eigenvalue weighted by molar-refractivity contribution is 4.47. The summed E-state index contributed by atoms with van der Waals surface area (Å²) in [6.45, 7) is 2.78. The summed E-state index contributed by atoms with van der Waals surface area (Å²) in [5.74, 6) is 0. The van der Waals surface area contributed by atoms with E-state index < -0.39 is 0 Å². The number of hydrogen-bond donors (Lipinski definition) is 0. The quantitative estimate of drug-likeness (QED) is 0.348. The van der Waals surface area contributed by atoms with Crippen LogP contribution in [0.25, 0.3) is 0 Å². The molecule has 9 heavy (non-hydrogen) atoms. The fourth-order valence-electron chi connectivity index (χ4n) is 1.37. The molecule has 1 nitrogen and oxygen atoms in total. The molecule has 1 aliphatic rings. The first-order valence-electron chi connectivity index (χ1n) is 3.53. The van der Waals surface area contributed by atoms with Gasteiger partial charge < -0.3 is 28.5 Å². The van der Waals surface area contributed by atoms with Crippen LogP contribution in [0.15, 0.2) is 0 Å². The van der Waals surface area contributed by atoms with Gasteiger partial charge in [0.05, 0.1) is 27.2 Å². The fourth-order valence-corrected chi connectivity index (χ4v) is 1.37. The van der Waals surface area contributed by atoms with Crippen LogP contribution in [0.2, 0.25) is 0 Å². The summed E-state index contributed by atoms with van der Waals surface area (Å²) in [7, 11) is 4.64. The molecule has 0 radical (unpaired) electrons. The van der Waals surface area contributed by atoms with Crippen LogP contribution in [0, 0.1) is 0 Å². The molecule has 0 aromatic rings. The number of halogens is 1. The number of hydrogen-bond acceptors (Lipinski definition) is 0. The van der Waals surface area contributed by atoms with Gasteiger partial charge in [-0.25, -0.2) is 0 Å². The zero-order chi connectivity index (χ0) is 6.04. The molecule has 56 valence electrons. The van der Waals surface area contributed by atoms with Crippen LogP contribution < -0.4 is 24.0 Å². The van der Waals surface area contributed by atoms with E-state index in [1.54, 1.807) is 0 Å². The Balaban J connectivity index is 0.000000640. The van der Waals surface area contributed by atoms with Crippen LogP contribution in [-0.4, -0.2) is 31.7 Å². The van der Waals surface area contributed by atoms with Gasteiger partial charge in [-0.15, -0.1) is 0 Å². The van der Waals surface area contributed by atoms with Crippen molar-refractivity contribution in [1.29, 1.82) is 0 Å². The second-order valence-electron chi connectivity index (χ2n) is 3.44. The van der Waals surface area contributed by atoms with Crippen molar-refractivity contribution < 1.29 is 28.5 Å². The lowest BCUT2D eigenvalue weighted by Gasteiger charge is -2.33. The molecular weight excluding hydrogens is 225 g/mol. The Labute approximate surface area is 75.0 Å². The molecule has 0 spiro atoms. The van der Waals surface area contributed by atoms with Gasteiger partial charge >= 0.3 is 0 Å². The standard InChI is InChI=1S/C7H16N.HI/c1-8(2)6-4-3-5-7-8;/h3-7H2,1-2H3;1H/q+1;/p-1. The lowest BCUT2D eigenvalue weighted by Crippen LogP contribution is -3.00. The Morgan fingerprint density at radius 1 is 0.889 bits per heavy atom. The van der Waals surface area contributed by atoms with Crippen molar-refractivity contribution in [1.82, 2.24) is 0 Å². The summed E-state index contributed by atoms with van der Waals surface area (Å²) in [6, 6.07) is 0. The number of piperidine rings is 1. The maximum absolute atomic E-state index is 2.32. The average Bonchev–Trinajstić information content (AvgIpc) is 1.65. The molecule has 1 heterocycles. The smallest absolute Gasteiger partial charge is 0.0782 e. The topological polar surface area (TPSA) is 0 Å². The first-order chi connectivity index (χ1) is 3.71. The van der Waals surface area contributed by atoms with Crippen molar-refractivity contribution in [2.45, 2.75) is 19.3 Å². The molecule has 0 bridgehead atoms. The van der Waals surface area contributed by atoms with Crippen molar-refractivity contribution >= 4 is 0 Å². The van der Waals surface area contributed by atoms with Crippen LogP contribution in [0.5, 0.6) is 0 Å². The monoisotopic (exact) mass is 241 g/mol. The summed E-state index contributed by atoms with van der Waals surface area (Å²) in [6.07, 6.45) is 4.34. The van der Waals surface area contributed by atoms with Gasteiger partial charge in [0.1, 0.15) is 0 Å². The molecule has 0 aliphatic carbocycles. The SMILES string of the molecule is C[N+]1(C)CCCCC1.[I-]. The molecule has 0 aromatic heterocycles. The first kappa shape index (κ1) is 9.69. The number of nitrogens with zero attached hydrogens (tertiary/aromatic N) is 1. The lowest BCUT2D eigenvalue weighted by molar-refractivity contribution is -0.894. The molecule has 0 amide bonds. The zero-order valence-corrected chi connectivity index (χ0v) is 8.52. The van der Waals surface area contributed by atoms with Gasteiger partial charge in [-0.3, -0.25) is 0 Å². The van der Waals surface area contributed by atoms with Gasteiger partial charge in [-0.05, 0) is 19.3 Å². The normalized spacial score (nSPS) is 24.7. The minimum atomic E-state index is 0. The lowest BCUT2D eigenvalue weighted by atomic mass is 10.1. The predicted octanol–water partition coefficient (Wildman–Crippen LogP) is -1.75. The van der Waals surface area contributed by atoms with E-state index in [4.69, 9.17) is 0 Å². The van der Waals surface area contributed by atoms with Crippen LogP contribution in [-0.2, 0) is 0 Å². The summed E-state index contributed by atoms with van der Waals surface area (Å²) in [4.78, 5) is 0.